The molecule has 4 heterocycles. The van der Waals surface area contributed by atoms with E-state index in [0.717, 1.165) is 32.2 Å². The molecule has 37 heavy (non-hydrogen) atoms. The van der Waals surface area contributed by atoms with Gasteiger partial charge in [0, 0.05) is 48.5 Å². The van der Waals surface area contributed by atoms with Crippen LogP contribution in [-0.2, 0) is 4.79 Å². The van der Waals surface area contributed by atoms with Gasteiger partial charge in [-0.25, -0.2) is 9.78 Å². The molecule has 0 saturated carbocycles. The second kappa shape index (κ2) is 10.4. The second-order valence-corrected chi connectivity index (χ2v) is 10.6. The number of hydrogen-bond acceptors (Lipinski definition) is 9. The average Bonchev–Trinajstić information content (AvgIpc) is 3.56. The summed E-state index contributed by atoms with van der Waals surface area (Å²) < 4.78 is 5.53. The van der Waals surface area contributed by atoms with Gasteiger partial charge in [-0.3, -0.25) is 15.1 Å². The molecule has 0 spiro atoms. The maximum atomic E-state index is 12.1. The highest BCUT2D eigenvalue weighted by molar-refractivity contribution is 7.22. The SMILES string of the molecule is CCNC(=O)Nc1nc2cc(-c3nsc(N4CCC(CC)(C(=O)O)CC4)n3)cc(-c3ccccn3)c2s1. The van der Waals surface area contributed by atoms with Gasteiger partial charge in [-0.05, 0) is 50.5 Å². The van der Waals surface area contributed by atoms with Gasteiger partial charge in [0.05, 0.1) is 21.3 Å². The number of nitrogens with one attached hydrogen (secondary N) is 2. The number of aliphatic carboxylic acids is 1. The molecule has 2 amide bonds. The molecule has 1 aromatic carbocycles. The van der Waals surface area contributed by atoms with E-state index in [1.165, 1.54) is 22.9 Å². The number of rotatable bonds is 7. The summed E-state index contributed by atoms with van der Waals surface area (Å²) in [6.45, 7) is 5.58. The van der Waals surface area contributed by atoms with Crippen LogP contribution in [0.5, 0.6) is 0 Å². The number of thiazole rings is 1. The van der Waals surface area contributed by atoms with Crippen LogP contribution in [0.2, 0.25) is 0 Å². The molecule has 0 unspecified atom stereocenters. The van der Waals surface area contributed by atoms with E-state index in [4.69, 9.17) is 4.98 Å². The van der Waals surface area contributed by atoms with Crippen LogP contribution < -0.4 is 15.5 Å². The Morgan fingerprint density at radius 3 is 2.65 bits per heavy atom. The normalized spacial score (nSPS) is 15.0. The fourth-order valence-electron chi connectivity index (χ4n) is 4.54. The molecule has 10 nitrogen and oxygen atoms in total. The minimum absolute atomic E-state index is 0.302. The van der Waals surface area contributed by atoms with Crippen LogP contribution in [0, 0.1) is 5.41 Å². The van der Waals surface area contributed by atoms with Crippen molar-refractivity contribution in [2.45, 2.75) is 33.1 Å². The Hall–Kier alpha value is -3.64. The molecular weight excluding hydrogens is 510 g/mol. The first-order valence-corrected chi connectivity index (χ1v) is 13.7. The zero-order chi connectivity index (χ0) is 26.0. The summed E-state index contributed by atoms with van der Waals surface area (Å²) in [5.41, 5.74) is 2.54. The zero-order valence-electron chi connectivity index (χ0n) is 20.5. The number of carboxylic acids is 1. The number of carbonyl (C=O) groups excluding carboxylic acids is 1. The van der Waals surface area contributed by atoms with Crippen LogP contribution in [0.15, 0.2) is 36.5 Å². The number of amides is 2. The largest absolute Gasteiger partial charge is 0.481 e. The van der Waals surface area contributed by atoms with Crippen molar-refractivity contribution >= 4 is 55.3 Å². The number of urea groups is 1. The first-order chi connectivity index (χ1) is 17.9. The molecule has 3 aromatic heterocycles. The van der Waals surface area contributed by atoms with Crippen molar-refractivity contribution in [2.24, 2.45) is 5.41 Å². The number of carboxylic acid groups (broad SMARTS) is 1. The van der Waals surface area contributed by atoms with Gasteiger partial charge in [0.15, 0.2) is 11.0 Å². The van der Waals surface area contributed by atoms with Gasteiger partial charge in [-0.2, -0.15) is 9.36 Å². The van der Waals surface area contributed by atoms with Crippen molar-refractivity contribution in [3.8, 4) is 22.6 Å². The van der Waals surface area contributed by atoms with Gasteiger partial charge in [0.2, 0.25) is 5.13 Å². The predicted octanol–water partition coefficient (Wildman–Crippen LogP) is 5.10. The van der Waals surface area contributed by atoms with Crippen LogP contribution in [0.3, 0.4) is 0 Å². The van der Waals surface area contributed by atoms with Crippen LogP contribution in [-0.4, -0.2) is 56.1 Å². The second-order valence-electron chi connectivity index (χ2n) is 8.92. The van der Waals surface area contributed by atoms with Crippen molar-refractivity contribution in [2.75, 3.05) is 29.9 Å². The third-order valence-electron chi connectivity index (χ3n) is 6.78. The van der Waals surface area contributed by atoms with Crippen molar-refractivity contribution in [1.82, 2.24) is 24.6 Å². The van der Waals surface area contributed by atoms with Crippen LogP contribution in [0.25, 0.3) is 32.9 Å². The highest BCUT2D eigenvalue weighted by Crippen LogP contribution is 2.40. The number of carbonyl (C=O) groups is 2. The Balaban J connectivity index is 1.47. The highest BCUT2D eigenvalue weighted by Gasteiger charge is 2.40. The third kappa shape index (κ3) is 4.98. The van der Waals surface area contributed by atoms with Crippen molar-refractivity contribution in [1.29, 1.82) is 0 Å². The first kappa shape index (κ1) is 25.0. The van der Waals surface area contributed by atoms with Crippen LogP contribution in [0.1, 0.15) is 33.1 Å². The molecule has 5 rings (SSSR count). The summed E-state index contributed by atoms with van der Waals surface area (Å²) in [5, 5.41) is 16.5. The molecule has 0 atom stereocenters. The first-order valence-electron chi connectivity index (χ1n) is 12.2. The van der Waals surface area contributed by atoms with E-state index < -0.39 is 11.4 Å². The van der Waals surface area contributed by atoms with Gasteiger partial charge in [0.25, 0.3) is 0 Å². The van der Waals surface area contributed by atoms with Gasteiger partial charge in [0.1, 0.15) is 0 Å². The number of benzene rings is 1. The van der Waals surface area contributed by atoms with E-state index in [9.17, 15) is 14.7 Å². The number of aromatic nitrogens is 4. The topological polar surface area (TPSA) is 133 Å². The predicted molar refractivity (Wildman–Crippen MR) is 146 cm³/mol. The number of nitrogens with zero attached hydrogens (tertiary/aromatic N) is 5. The maximum Gasteiger partial charge on any atom is 0.321 e. The van der Waals surface area contributed by atoms with E-state index in [1.54, 1.807) is 6.20 Å². The Labute approximate surface area is 222 Å². The molecule has 1 fully saturated rings. The molecule has 4 aromatic rings. The zero-order valence-corrected chi connectivity index (χ0v) is 22.2. The lowest BCUT2D eigenvalue weighted by molar-refractivity contribution is -0.150. The lowest BCUT2D eigenvalue weighted by atomic mass is 9.76. The Morgan fingerprint density at radius 1 is 1.16 bits per heavy atom. The van der Waals surface area contributed by atoms with Gasteiger partial charge in [-0.1, -0.05) is 24.3 Å². The Bertz CT molecular complexity index is 1430. The number of anilines is 2. The summed E-state index contributed by atoms with van der Waals surface area (Å²) in [4.78, 5) is 40.0. The number of hydrogen-bond donors (Lipinski definition) is 3. The van der Waals surface area contributed by atoms with Gasteiger partial charge in [-0.15, -0.1) is 0 Å². The summed E-state index contributed by atoms with van der Waals surface area (Å²) in [7, 11) is 0. The highest BCUT2D eigenvalue weighted by atomic mass is 32.1. The molecule has 12 heteroatoms. The molecule has 0 radical (unpaired) electrons. The summed E-state index contributed by atoms with van der Waals surface area (Å²) >= 11 is 2.70. The third-order valence-corrected chi connectivity index (χ3v) is 8.58. The minimum atomic E-state index is -0.716. The van der Waals surface area contributed by atoms with Crippen LogP contribution >= 0.6 is 22.9 Å². The summed E-state index contributed by atoms with van der Waals surface area (Å²) in [6, 6.07) is 9.36. The van der Waals surface area contributed by atoms with E-state index in [2.05, 4.69) is 29.9 Å². The number of fused-ring (bicyclic) bond motifs is 1. The molecular formula is C25H27N7O3S2. The van der Waals surface area contributed by atoms with Gasteiger partial charge < -0.3 is 15.3 Å². The number of pyridine rings is 1. The Morgan fingerprint density at radius 2 is 1.97 bits per heavy atom. The standard InChI is InChI=1S/C25H27N7O3S2/c1-3-25(21(33)34)8-11-32(12-9-25)24-29-20(31-37-24)15-13-16(17-7-5-6-10-27-17)19-18(14-15)28-23(36-19)30-22(35)26-4-2/h5-7,10,13-14H,3-4,8-9,11-12H2,1-2H3,(H,33,34)(H2,26,28,30,35). The lowest BCUT2D eigenvalue weighted by Crippen LogP contribution is -2.44. The van der Waals surface area contributed by atoms with Crippen LogP contribution in [0.4, 0.5) is 15.1 Å². The fraction of sp³-hybridized carbons (Fsp3) is 0.360. The van der Waals surface area contributed by atoms with E-state index >= 15 is 0 Å². The fourth-order valence-corrected chi connectivity index (χ4v) is 6.24. The maximum absolute atomic E-state index is 12.1. The van der Waals surface area contributed by atoms with E-state index in [1.807, 2.05) is 44.2 Å². The summed E-state index contributed by atoms with van der Waals surface area (Å²) in [5.74, 6) is -0.136. The molecule has 0 bridgehead atoms. The minimum Gasteiger partial charge on any atom is -0.481 e. The molecule has 1 saturated heterocycles. The van der Waals surface area contributed by atoms with E-state index in [0.29, 0.717) is 49.9 Å². The average molecular weight is 538 g/mol. The van der Waals surface area contributed by atoms with Crippen molar-refractivity contribution < 1.29 is 14.7 Å². The van der Waals surface area contributed by atoms with Crippen molar-refractivity contribution in [3.05, 3.63) is 36.5 Å². The molecule has 1 aliphatic heterocycles. The summed E-state index contributed by atoms with van der Waals surface area (Å²) in [6.07, 6.45) is 3.54. The van der Waals surface area contributed by atoms with E-state index in [-0.39, 0.29) is 6.03 Å². The molecule has 3 N–H and O–H groups in total. The quantitative estimate of drug-likeness (QED) is 0.297. The monoisotopic (exact) mass is 537 g/mol. The molecule has 0 aliphatic carbocycles. The van der Waals surface area contributed by atoms with Gasteiger partial charge >= 0.3 is 12.0 Å². The van der Waals surface area contributed by atoms with Crippen molar-refractivity contribution in [3.63, 3.8) is 0 Å². The Kier molecular flexibility index (Phi) is 7.02. The number of piperidine rings is 1. The lowest BCUT2D eigenvalue weighted by Gasteiger charge is -2.38. The molecule has 192 valence electrons. The molecule has 1 aliphatic rings. The smallest absolute Gasteiger partial charge is 0.321 e.